The van der Waals surface area contributed by atoms with Crippen LogP contribution in [0.15, 0.2) is 71.5 Å². The Morgan fingerprint density at radius 1 is 1.03 bits per heavy atom. The largest absolute Gasteiger partial charge is 0.493 e. The average molecular weight is 468 g/mol. The standard InChI is InChI=1S/C27H25N5O3/c1-3-34-24-14-20(10-11-22(24)26-31-27(33)35-32-26)23-15-25(30-16-29-23)28-13-12-18-8-9-19-6-4-5-7-21(19)17(18)2/h4-11,14-16H,3,12-13H2,1-2H3,(H,28,29,30)(H,31,32,33). The van der Waals surface area contributed by atoms with E-state index in [0.29, 0.717) is 17.9 Å². The number of hydrogen-bond acceptors (Lipinski definition) is 8. The number of nitrogens with one attached hydrogen (secondary N) is 1. The lowest BCUT2D eigenvalue weighted by atomic mass is 9.98. The van der Waals surface area contributed by atoms with Crippen molar-refractivity contribution in [1.82, 2.24) is 20.1 Å². The predicted molar refractivity (Wildman–Crippen MR) is 134 cm³/mol. The zero-order valence-electron chi connectivity index (χ0n) is 19.5. The molecule has 2 aromatic heterocycles. The Bertz CT molecular complexity index is 1480. The van der Waals surface area contributed by atoms with Crippen molar-refractivity contribution in [1.29, 1.82) is 0 Å². The predicted octanol–water partition coefficient (Wildman–Crippen LogP) is 5.41. The molecule has 0 aliphatic heterocycles. The Morgan fingerprint density at radius 3 is 2.74 bits per heavy atom. The minimum absolute atomic E-state index is 0.256. The van der Waals surface area contributed by atoms with Crippen molar-refractivity contribution in [2.75, 3.05) is 18.5 Å². The second-order valence-corrected chi connectivity index (χ2v) is 8.08. The van der Waals surface area contributed by atoms with Crippen molar-refractivity contribution in [2.24, 2.45) is 0 Å². The van der Waals surface area contributed by atoms with E-state index >= 15 is 0 Å². The van der Waals surface area contributed by atoms with Crippen LogP contribution in [0.4, 0.5) is 5.82 Å². The van der Waals surface area contributed by atoms with E-state index in [2.05, 4.69) is 68.7 Å². The van der Waals surface area contributed by atoms with Crippen LogP contribution < -0.4 is 10.1 Å². The van der Waals surface area contributed by atoms with E-state index in [1.807, 2.05) is 31.2 Å². The van der Waals surface area contributed by atoms with Crippen molar-refractivity contribution in [3.63, 3.8) is 0 Å². The zero-order chi connectivity index (χ0) is 24.2. The molecule has 0 atom stereocenters. The van der Waals surface area contributed by atoms with Gasteiger partial charge >= 0.3 is 6.08 Å². The normalized spacial score (nSPS) is 11.0. The van der Waals surface area contributed by atoms with Crippen molar-refractivity contribution in [3.8, 4) is 34.5 Å². The van der Waals surface area contributed by atoms with Gasteiger partial charge < -0.3 is 15.2 Å². The molecule has 0 aliphatic carbocycles. The molecule has 8 nitrogen and oxygen atoms in total. The maximum absolute atomic E-state index is 9.40. The van der Waals surface area contributed by atoms with Crippen molar-refractivity contribution in [2.45, 2.75) is 20.3 Å². The summed E-state index contributed by atoms with van der Waals surface area (Å²) in [5, 5.41) is 19.1. The molecule has 0 radical (unpaired) electrons. The number of anilines is 1. The molecule has 0 aliphatic rings. The van der Waals surface area contributed by atoms with Gasteiger partial charge in [0.25, 0.3) is 0 Å². The summed E-state index contributed by atoms with van der Waals surface area (Å²) in [4.78, 5) is 12.7. The topological polar surface area (TPSA) is 106 Å². The fourth-order valence-electron chi connectivity index (χ4n) is 4.15. The molecule has 5 rings (SSSR count). The van der Waals surface area contributed by atoms with Crippen LogP contribution >= 0.6 is 0 Å². The number of hydrogen-bond donors (Lipinski definition) is 2. The molecule has 0 fully saturated rings. The fourth-order valence-corrected chi connectivity index (χ4v) is 4.15. The highest BCUT2D eigenvalue weighted by Gasteiger charge is 2.15. The number of benzene rings is 3. The molecule has 0 bridgehead atoms. The van der Waals surface area contributed by atoms with Crippen LogP contribution in [0.25, 0.3) is 33.4 Å². The maximum Gasteiger partial charge on any atom is 0.415 e. The summed E-state index contributed by atoms with van der Waals surface area (Å²) in [5.41, 5.74) is 4.87. The van der Waals surface area contributed by atoms with Crippen LogP contribution in [0.2, 0.25) is 0 Å². The van der Waals surface area contributed by atoms with E-state index in [-0.39, 0.29) is 5.82 Å². The summed E-state index contributed by atoms with van der Waals surface area (Å²) < 4.78 is 10.5. The first-order valence-electron chi connectivity index (χ1n) is 11.5. The zero-order valence-corrected chi connectivity index (χ0v) is 19.5. The highest BCUT2D eigenvalue weighted by molar-refractivity contribution is 5.86. The number of aryl methyl sites for hydroxylation is 1. The van der Waals surface area contributed by atoms with Gasteiger partial charge in [0.1, 0.15) is 17.9 Å². The Kier molecular flexibility index (Phi) is 6.26. The molecule has 5 aromatic rings. The molecule has 2 heterocycles. The van der Waals surface area contributed by atoms with Crippen LogP contribution in [-0.2, 0) is 6.42 Å². The van der Waals surface area contributed by atoms with Crippen LogP contribution in [0, 0.1) is 6.92 Å². The number of aromatic nitrogens is 4. The summed E-state index contributed by atoms with van der Waals surface area (Å²) in [6.45, 7) is 5.29. The molecule has 0 saturated carbocycles. The Labute approximate surface area is 202 Å². The number of nitrogens with zero attached hydrogens (tertiary/aromatic N) is 4. The number of fused-ring (bicyclic) bond motifs is 1. The van der Waals surface area contributed by atoms with Gasteiger partial charge in [0.2, 0.25) is 5.82 Å². The third kappa shape index (κ3) is 4.77. The summed E-state index contributed by atoms with van der Waals surface area (Å²) in [6, 6.07) is 20.3. The molecule has 0 unspecified atom stereocenters. The van der Waals surface area contributed by atoms with E-state index in [1.165, 1.54) is 21.9 Å². The second kappa shape index (κ2) is 9.80. The average Bonchev–Trinajstić information content (AvgIpc) is 3.32. The third-order valence-electron chi connectivity index (χ3n) is 5.91. The summed E-state index contributed by atoms with van der Waals surface area (Å²) >= 11 is 0. The van der Waals surface area contributed by atoms with Crippen molar-refractivity contribution in [3.05, 3.63) is 78.1 Å². The molecule has 2 N–H and O–H groups in total. The molecule has 176 valence electrons. The van der Waals surface area contributed by atoms with Gasteiger partial charge in [-0.1, -0.05) is 47.6 Å². The Balaban J connectivity index is 1.33. The first-order valence-corrected chi connectivity index (χ1v) is 11.5. The molecular weight excluding hydrogens is 442 g/mol. The number of aromatic hydroxyl groups is 1. The van der Waals surface area contributed by atoms with Gasteiger partial charge in [0.05, 0.1) is 17.9 Å². The minimum atomic E-state index is -0.489. The second-order valence-electron chi connectivity index (χ2n) is 8.08. The SMILES string of the molecule is CCOc1cc(-c2cc(NCCc3ccc4ccccc4c3C)ncn2)ccc1-c1noc(O)n1. The highest BCUT2D eigenvalue weighted by Crippen LogP contribution is 2.33. The summed E-state index contributed by atoms with van der Waals surface area (Å²) in [6.07, 6.45) is 1.94. The first kappa shape index (κ1) is 22.3. The fraction of sp³-hybridized carbons (Fsp3) is 0.185. The number of rotatable bonds is 8. The van der Waals surface area contributed by atoms with E-state index in [0.717, 1.165) is 30.0 Å². The van der Waals surface area contributed by atoms with E-state index in [4.69, 9.17) is 9.26 Å². The smallest absolute Gasteiger partial charge is 0.415 e. The van der Waals surface area contributed by atoms with Crippen molar-refractivity contribution >= 4 is 16.6 Å². The molecule has 35 heavy (non-hydrogen) atoms. The molecule has 0 amide bonds. The lowest BCUT2D eigenvalue weighted by Crippen LogP contribution is -2.07. The molecule has 3 aromatic carbocycles. The maximum atomic E-state index is 9.40. The minimum Gasteiger partial charge on any atom is -0.493 e. The Morgan fingerprint density at radius 2 is 1.91 bits per heavy atom. The quantitative estimate of drug-likeness (QED) is 0.312. The van der Waals surface area contributed by atoms with Gasteiger partial charge in [-0.3, -0.25) is 4.52 Å². The van der Waals surface area contributed by atoms with Crippen LogP contribution in [-0.4, -0.2) is 38.4 Å². The molecular formula is C27H25N5O3. The monoisotopic (exact) mass is 467 g/mol. The molecule has 0 saturated heterocycles. The van der Waals surface area contributed by atoms with E-state index in [1.54, 1.807) is 6.33 Å². The van der Waals surface area contributed by atoms with Gasteiger partial charge in [0.15, 0.2) is 0 Å². The number of ether oxygens (including phenoxy) is 1. The van der Waals surface area contributed by atoms with E-state index in [9.17, 15) is 5.11 Å². The molecule has 8 heteroatoms. The van der Waals surface area contributed by atoms with Gasteiger partial charge in [-0.15, -0.1) is 0 Å². The van der Waals surface area contributed by atoms with Gasteiger partial charge in [-0.25, -0.2) is 9.97 Å². The van der Waals surface area contributed by atoms with Crippen molar-refractivity contribution < 1.29 is 14.4 Å². The summed E-state index contributed by atoms with van der Waals surface area (Å²) in [7, 11) is 0. The van der Waals surface area contributed by atoms with Crippen LogP contribution in [0.5, 0.6) is 11.8 Å². The van der Waals surface area contributed by atoms with Gasteiger partial charge in [-0.2, -0.15) is 4.98 Å². The summed E-state index contributed by atoms with van der Waals surface area (Å²) in [5.74, 6) is 1.58. The highest BCUT2D eigenvalue weighted by atomic mass is 16.6. The van der Waals surface area contributed by atoms with Gasteiger partial charge in [0, 0.05) is 18.2 Å². The van der Waals surface area contributed by atoms with Crippen LogP contribution in [0.3, 0.4) is 0 Å². The van der Waals surface area contributed by atoms with Crippen LogP contribution in [0.1, 0.15) is 18.1 Å². The lowest BCUT2D eigenvalue weighted by Gasteiger charge is -2.12. The lowest BCUT2D eigenvalue weighted by molar-refractivity contribution is 0.267. The van der Waals surface area contributed by atoms with E-state index < -0.39 is 6.08 Å². The first-order chi connectivity index (χ1) is 17.1. The molecule has 0 spiro atoms. The third-order valence-corrected chi connectivity index (χ3v) is 5.91. The Hall–Kier alpha value is -4.46. The van der Waals surface area contributed by atoms with Gasteiger partial charge in [-0.05, 0) is 54.3 Å².